The van der Waals surface area contributed by atoms with E-state index in [1.165, 1.54) is 0 Å². The Morgan fingerprint density at radius 1 is 1.40 bits per heavy atom. The quantitative estimate of drug-likeness (QED) is 0.750. The lowest BCUT2D eigenvalue weighted by atomic mass is 10.4. The van der Waals surface area contributed by atoms with Gasteiger partial charge in [0.25, 0.3) is 11.5 Å². The lowest BCUT2D eigenvalue weighted by Crippen LogP contribution is -2.35. The number of hydrogen-bond acceptors (Lipinski definition) is 4. The number of ether oxygens (including phenoxy) is 1. The topological polar surface area (TPSA) is 77.6 Å². The van der Waals surface area contributed by atoms with E-state index in [1.54, 1.807) is 27.8 Å². The third kappa shape index (κ3) is 4.38. The third-order valence-corrected chi connectivity index (χ3v) is 3.06. The molecule has 6 heteroatoms. The van der Waals surface area contributed by atoms with Gasteiger partial charge < -0.3 is 19.9 Å². The molecule has 0 saturated carbocycles. The number of carbonyl (C=O) groups excluding carboxylic acids is 1. The van der Waals surface area contributed by atoms with Gasteiger partial charge in [-0.3, -0.25) is 9.59 Å². The number of hydrogen-bond donors (Lipinski definition) is 1. The van der Waals surface area contributed by atoms with Gasteiger partial charge in [-0.25, -0.2) is 0 Å². The average Bonchev–Trinajstić information content (AvgIpc) is 2.46. The van der Waals surface area contributed by atoms with Crippen molar-refractivity contribution in [1.29, 1.82) is 0 Å². The van der Waals surface area contributed by atoms with Gasteiger partial charge in [0.15, 0.2) is 12.4 Å². The molecule has 20 heavy (non-hydrogen) atoms. The van der Waals surface area contributed by atoms with Crippen molar-refractivity contribution in [3.05, 3.63) is 28.7 Å². The summed E-state index contributed by atoms with van der Waals surface area (Å²) in [4.78, 5) is 25.6. The molecule has 0 aliphatic rings. The second-order valence-corrected chi connectivity index (χ2v) is 4.37. The molecule has 1 aromatic heterocycles. The predicted octanol–water partition coefficient (Wildman–Crippen LogP) is 0.444. The maximum atomic E-state index is 12.1. The molecule has 0 unspecified atom stereocenters. The largest absolute Gasteiger partial charge is 0.478 e. The van der Waals surface area contributed by atoms with Crippen LogP contribution in [-0.4, -0.2) is 41.6 Å². The van der Waals surface area contributed by atoms with E-state index >= 15 is 0 Å². The van der Waals surface area contributed by atoms with Gasteiger partial charge in [0, 0.05) is 25.8 Å². The zero-order chi connectivity index (χ0) is 15.0. The zero-order valence-electron chi connectivity index (χ0n) is 12.2. The number of likely N-dealkylation sites (N-methyl/N-ethyl adjacent to an activating group) is 1. The van der Waals surface area contributed by atoms with Gasteiger partial charge in [-0.15, -0.1) is 0 Å². The highest BCUT2D eigenvalue weighted by Gasteiger charge is 2.12. The van der Waals surface area contributed by atoms with E-state index in [4.69, 9.17) is 10.5 Å². The molecule has 1 heterocycles. The molecule has 0 aliphatic heterocycles. The maximum absolute atomic E-state index is 12.1. The van der Waals surface area contributed by atoms with Gasteiger partial charge in [-0.1, -0.05) is 0 Å². The molecule has 0 radical (unpaired) electrons. The first kappa shape index (κ1) is 16.2. The molecule has 0 aromatic carbocycles. The summed E-state index contributed by atoms with van der Waals surface area (Å²) in [7, 11) is 0. The number of aromatic nitrogens is 1. The molecule has 6 nitrogen and oxygen atoms in total. The van der Waals surface area contributed by atoms with Crippen LogP contribution in [0.3, 0.4) is 0 Å². The van der Waals surface area contributed by atoms with Gasteiger partial charge >= 0.3 is 0 Å². The van der Waals surface area contributed by atoms with Gasteiger partial charge in [-0.2, -0.15) is 0 Å². The number of pyridine rings is 1. The average molecular weight is 281 g/mol. The molecule has 0 fully saturated rings. The van der Waals surface area contributed by atoms with Crippen molar-refractivity contribution in [3.63, 3.8) is 0 Å². The molecule has 0 atom stereocenters. The highest BCUT2D eigenvalue weighted by Crippen LogP contribution is 2.03. The zero-order valence-corrected chi connectivity index (χ0v) is 12.2. The molecule has 0 bridgehead atoms. The van der Waals surface area contributed by atoms with Crippen LogP contribution in [0.15, 0.2) is 23.1 Å². The van der Waals surface area contributed by atoms with E-state index in [0.29, 0.717) is 26.2 Å². The van der Waals surface area contributed by atoms with Crippen LogP contribution in [-0.2, 0) is 11.3 Å². The van der Waals surface area contributed by atoms with E-state index in [2.05, 4.69) is 0 Å². The number of nitrogens with two attached hydrogens (primary N) is 1. The van der Waals surface area contributed by atoms with Crippen molar-refractivity contribution in [2.24, 2.45) is 5.73 Å². The Bertz CT molecular complexity index is 481. The van der Waals surface area contributed by atoms with E-state index in [1.807, 2.05) is 13.8 Å². The Balaban J connectivity index is 2.69. The van der Waals surface area contributed by atoms with E-state index < -0.39 is 0 Å². The fourth-order valence-electron chi connectivity index (χ4n) is 1.87. The Kier molecular flexibility index (Phi) is 6.79. The van der Waals surface area contributed by atoms with Crippen LogP contribution in [0.2, 0.25) is 0 Å². The predicted molar refractivity (Wildman–Crippen MR) is 77.8 cm³/mol. The van der Waals surface area contributed by atoms with Crippen molar-refractivity contribution < 1.29 is 9.53 Å². The van der Waals surface area contributed by atoms with Crippen LogP contribution in [0.5, 0.6) is 5.75 Å². The fraction of sp³-hybridized carbons (Fsp3) is 0.571. The molecule has 0 saturated heterocycles. The first-order chi connectivity index (χ1) is 9.63. The molecule has 112 valence electrons. The monoisotopic (exact) mass is 281 g/mol. The Labute approximate surface area is 119 Å². The summed E-state index contributed by atoms with van der Waals surface area (Å²) in [5.41, 5.74) is 5.20. The highest BCUT2D eigenvalue weighted by atomic mass is 16.5. The van der Waals surface area contributed by atoms with E-state index in [9.17, 15) is 9.59 Å². The summed E-state index contributed by atoms with van der Waals surface area (Å²) in [6.07, 6.45) is 2.42. The molecule has 1 aromatic rings. The Morgan fingerprint density at radius 2 is 2.10 bits per heavy atom. The summed E-state index contributed by atoms with van der Waals surface area (Å²) in [5, 5.41) is 0. The van der Waals surface area contributed by atoms with Crippen molar-refractivity contribution in [1.82, 2.24) is 9.47 Å². The molecular formula is C14H23N3O3. The van der Waals surface area contributed by atoms with Gasteiger partial charge in [0.05, 0.1) is 0 Å². The number of carbonyl (C=O) groups is 1. The van der Waals surface area contributed by atoms with Crippen LogP contribution < -0.4 is 16.0 Å². The van der Waals surface area contributed by atoms with Crippen molar-refractivity contribution in [2.75, 3.05) is 26.2 Å². The highest BCUT2D eigenvalue weighted by molar-refractivity contribution is 5.77. The minimum Gasteiger partial charge on any atom is -0.478 e. The Hall–Kier alpha value is -1.82. The second kappa shape index (κ2) is 8.37. The number of aryl methyl sites for hydroxylation is 1. The lowest BCUT2D eigenvalue weighted by molar-refractivity contribution is -0.133. The van der Waals surface area contributed by atoms with Crippen LogP contribution in [0.1, 0.15) is 20.3 Å². The van der Waals surface area contributed by atoms with E-state index in [-0.39, 0.29) is 23.8 Å². The first-order valence-electron chi connectivity index (χ1n) is 6.94. The minimum absolute atomic E-state index is 0.113. The summed E-state index contributed by atoms with van der Waals surface area (Å²) in [6, 6.07) is 3.31. The van der Waals surface area contributed by atoms with Crippen molar-refractivity contribution >= 4 is 5.91 Å². The second-order valence-electron chi connectivity index (χ2n) is 4.37. The summed E-state index contributed by atoms with van der Waals surface area (Å²) in [6.45, 7) is 6.04. The standard InChI is InChI=1S/C14H23N3O3/c1-3-16(4-2)13(18)11-20-12-7-5-9-17(14(12)19)10-6-8-15/h5,7,9H,3-4,6,8,10-11,15H2,1-2H3. The van der Waals surface area contributed by atoms with E-state index in [0.717, 1.165) is 6.42 Å². The number of rotatable bonds is 8. The molecule has 0 aliphatic carbocycles. The van der Waals surface area contributed by atoms with Gasteiger partial charge in [0.1, 0.15) is 0 Å². The number of nitrogens with zero attached hydrogens (tertiary/aromatic N) is 2. The van der Waals surface area contributed by atoms with Crippen molar-refractivity contribution in [2.45, 2.75) is 26.8 Å². The molecule has 0 spiro atoms. The summed E-state index contributed by atoms with van der Waals surface area (Å²) in [5.74, 6) is 0.0804. The van der Waals surface area contributed by atoms with Crippen LogP contribution in [0.25, 0.3) is 0 Å². The number of amides is 1. The third-order valence-electron chi connectivity index (χ3n) is 3.06. The van der Waals surface area contributed by atoms with Crippen LogP contribution in [0.4, 0.5) is 0 Å². The molecule has 1 amide bonds. The molecular weight excluding hydrogens is 258 g/mol. The van der Waals surface area contributed by atoms with Crippen molar-refractivity contribution in [3.8, 4) is 5.75 Å². The SMILES string of the molecule is CCN(CC)C(=O)COc1cccn(CCCN)c1=O. The lowest BCUT2D eigenvalue weighted by Gasteiger charge is -2.18. The summed E-state index contributed by atoms with van der Waals surface area (Å²) >= 11 is 0. The van der Waals surface area contributed by atoms with Gasteiger partial charge in [-0.05, 0) is 38.9 Å². The van der Waals surface area contributed by atoms with Gasteiger partial charge in [0.2, 0.25) is 0 Å². The maximum Gasteiger partial charge on any atom is 0.292 e. The summed E-state index contributed by atoms with van der Waals surface area (Å²) < 4.78 is 6.89. The minimum atomic E-state index is -0.228. The van der Waals surface area contributed by atoms with Crippen LogP contribution >= 0.6 is 0 Å². The van der Waals surface area contributed by atoms with Crippen LogP contribution in [0, 0.1) is 0 Å². The Morgan fingerprint density at radius 3 is 2.70 bits per heavy atom. The first-order valence-corrected chi connectivity index (χ1v) is 6.94. The molecule has 2 N–H and O–H groups in total. The fourth-order valence-corrected chi connectivity index (χ4v) is 1.87. The molecule has 1 rings (SSSR count). The normalized spacial score (nSPS) is 10.3. The smallest absolute Gasteiger partial charge is 0.292 e.